The fourth-order valence-electron chi connectivity index (χ4n) is 2.32. The maximum Gasteiger partial charge on any atom is 0.250 e. The highest BCUT2D eigenvalue weighted by atomic mass is 35.5. The van der Waals surface area contributed by atoms with E-state index in [9.17, 15) is 9.18 Å². The summed E-state index contributed by atoms with van der Waals surface area (Å²) in [5.41, 5.74) is 8.84. The van der Waals surface area contributed by atoms with Gasteiger partial charge in [0.25, 0.3) is 5.91 Å². The molecule has 0 spiro atoms. The number of nitrogens with one attached hydrogen (secondary N) is 1. The molecule has 8 nitrogen and oxygen atoms in total. The highest BCUT2D eigenvalue weighted by Crippen LogP contribution is 2.30. The molecule has 0 aliphatic carbocycles. The van der Waals surface area contributed by atoms with E-state index in [1.165, 1.54) is 48.6 Å². The monoisotopic (exact) mass is 481 g/mol. The first kappa shape index (κ1) is 22.8. The van der Waals surface area contributed by atoms with Crippen LogP contribution < -0.4 is 20.6 Å². The number of hydrazone groups is 1. The Bertz CT molecular complexity index is 1080. The molecule has 1 heterocycles. The molecule has 0 saturated carbocycles. The number of thioether (sulfide) groups is 1. The zero-order valence-corrected chi connectivity index (χ0v) is 18.6. The zero-order chi connectivity index (χ0) is 22.2. The first-order valence-corrected chi connectivity index (χ1v) is 10.9. The van der Waals surface area contributed by atoms with E-state index in [1.54, 1.807) is 24.3 Å². The number of nitrogens with zero attached hydrogens (tertiary/aromatic N) is 3. The smallest absolute Gasteiger partial charge is 0.250 e. The summed E-state index contributed by atoms with van der Waals surface area (Å²) in [5.74, 6) is 0.214. The third kappa shape index (κ3) is 6.54. The number of nitrogen functional groups attached to an aromatic ring is 1. The van der Waals surface area contributed by atoms with Crippen LogP contribution in [0.2, 0.25) is 5.02 Å². The molecular weight excluding hydrogens is 465 g/mol. The highest BCUT2D eigenvalue weighted by molar-refractivity contribution is 8.01. The van der Waals surface area contributed by atoms with Gasteiger partial charge in [-0.2, -0.15) is 5.10 Å². The molecule has 3 rings (SSSR count). The fourth-order valence-corrected chi connectivity index (χ4v) is 3.97. The second-order valence-corrected chi connectivity index (χ2v) is 8.53. The van der Waals surface area contributed by atoms with Crippen molar-refractivity contribution in [2.24, 2.45) is 5.10 Å². The molecule has 2 aromatic carbocycles. The van der Waals surface area contributed by atoms with Crippen molar-refractivity contribution in [3.63, 3.8) is 0 Å². The van der Waals surface area contributed by atoms with E-state index in [-0.39, 0.29) is 28.9 Å². The van der Waals surface area contributed by atoms with Crippen LogP contribution in [0.4, 0.5) is 9.52 Å². The van der Waals surface area contributed by atoms with Gasteiger partial charge in [0.1, 0.15) is 12.4 Å². The number of ether oxygens (including phenoxy) is 2. The average molecular weight is 482 g/mol. The molecule has 0 atom stereocenters. The number of methoxy groups -OCH3 is 1. The summed E-state index contributed by atoms with van der Waals surface area (Å²) >= 11 is 8.44. The molecule has 1 aromatic heterocycles. The predicted molar refractivity (Wildman–Crippen MR) is 120 cm³/mol. The summed E-state index contributed by atoms with van der Waals surface area (Å²) in [4.78, 5) is 11.9. The standard InChI is InChI=1S/C19H17ClFN5O3S2/c1-28-16-7-11(8-23-24-17(27)10-30-19-26-25-18(22)31-19)5-6-15(16)29-9-12-13(20)3-2-4-14(12)21/h2-8H,9-10H2,1H3,(H2,22,25)(H,24,27). The quantitative estimate of drug-likeness (QED) is 0.272. The van der Waals surface area contributed by atoms with Gasteiger partial charge in [-0.05, 0) is 35.9 Å². The van der Waals surface area contributed by atoms with E-state index < -0.39 is 5.82 Å². The molecule has 0 radical (unpaired) electrons. The van der Waals surface area contributed by atoms with Crippen molar-refractivity contribution in [3.05, 3.63) is 58.4 Å². The molecule has 0 fully saturated rings. The van der Waals surface area contributed by atoms with Crippen molar-refractivity contribution in [2.75, 3.05) is 18.6 Å². The summed E-state index contributed by atoms with van der Waals surface area (Å²) in [5, 5.41) is 12.0. The number of benzene rings is 2. The number of hydrogen-bond donors (Lipinski definition) is 2. The second-order valence-electron chi connectivity index (χ2n) is 5.89. The number of aromatic nitrogens is 2. The normalized spacial score (nSPS) is 10.9. The Morgan fingerprint density at radius 2 is 2.19 bits per heavy atom. The Morgan fingerprint density at radius 1 is 1.35 bits per heavy atom. The number of hydrogen-bond acceptors (Lipinski definition) is 9. The van der Waals surface area contributed by atoms with Crippen molar-refractivity contribution in [2.45, 2.75) is 10.9 Å². The first-order chi connectivity index (χ1) is 15.0. The minimum absolute atomic E-state index is 0.0523. The molecule has 31 heavy (non-hydrogen) atoms. The van der Waals surface area contributed by atoms with Gasteiger partial charge in [0.05, 0.1) is 24.1 Å². The Morgan fingerprint density at radius 3 is 2.90 bits per heavy atom. The van der Waals surface area contributed by atoms with Crippen LogP contribution in [0.3, 0.4) is 0 Å². The minimum atomic E-state index is -0.446. The van der Waals surface area contributed by atoms with Crippen molar-refractivity contribution >= 4 is 52.0 Å². The van der Waals surface area contributed by atoms with Crippen molar-refractivity contribution in [1.29, 1.82) is 0 Å². The van der Waals surface area contributed by atoms with Crippen molar-refractivity contribution in [1.82, 2.24) is 15.6 Å². The Labute approximate surface area is 190 Å². The topological polar surface area (TPSA) is 112 Å². The third-order valence-corrected chi connectivity index (χ3v) is 6.01. The van der Waals surface area contributed by atoms with Crippen LogP contribution in [0, 0.1) is 5.82 Å². The molecule has 3 N–H and O–H groups in total. The number of halogens is 2. The van der Waals surface area contributed by atoms with Crippen molar-refractivity contribution in [3.8, 4) is 11.5 Å². The van der Waals surface area contributed by atoms with Crippen LogP contribution in [0.25, 0.3) is 0 Å². The molecule has 0 bridgehead atoms. The number of nitrogens with two attached hydrogens (primary N) is 1. The fraction of sp³-hybridized carbons (Fsp3) is 0.158. The van der Waals surface area contributed by atoms with Gasteiger partial charge in [0.2, 0.25) is 5.13 Å². The maximum absolute atomic E-state index is 13.9. The second kappa shape index (κ2) is 10.9. The number of carbonyl (C=O) groups excluding carboxylic acids is 1. The summed E-state index contributed by atoms with van der Waals surface area (Å²) in [7, 11) is 1.48. The predicted octanol–water partition coefficient (Wildman–Crippen LogP) is 3.74. The Balaban J connectivity index is 1.55. The summed E-state index contributed by atoms with van der Waals surface area (Å²) in [6.45, 7) is -0.0523. The third-order valence-electron chi connectivity index (χ3n) is 3.77. The van der Waals surface area contributed by atoms with Gasteiger partial charge in [-0.3, -0.25) is 4.79 Å². The lowest BCUT2D eigenvalue weighted by molar-refractivity contribution is -0.118. The molecular formula is C19H17ClFN5O3S2. The van der Waals surface area contributed by atoms with Crippen LogP contribution in [0.15, 0.2) is 45.8 Å². The lowest BCUT2D eigenvalue weighted by Crippen LogP contribution is -2.19. The van der Waals surface area contributed by atoms with Crippen LogP contribution in [0.1, 0.15) is 11.1 Å². The van der Waals surface area contributed by atoms with E-state index in [1.807, 2.05) is 0 Å². The van der Waals surface area contributed by atoms with E-state index in [0.29, 0.717) is 26.5 Å². The Hall–Kier alpha value is -2.89. The molecule has 1 amide bonds. The van der Waals surface area contributed by atoms with Gasteiger partial charge in [0, 0.05) is 5.56 Å². The minimum Gasteiger partial charge on any atom is -0.493 e. The van der Waals surface area contributed by atoms with Crippen LogP contribution in [-0.2, 0) is 11.4 Å². The van der Waals surface area contributed by atoms with E-state index in [2.05, 4.69) is 20.7 Å². The maximum atomic E-state index is 13.9. The van der Waals surface area contributed by atoms with E-state index >= 15 is 0 Å². The molecule has 0 aliphatic heterocycles. The number of carbonyl (C=O) groups is 1. The molecule has 12 heteroatoms. The SMILES string of the molecule is COc1cc(C=NNC(=O)CSc2nnc(N)s2)ccc1OCc1c(F)cccc1Cl. The van der Waals surface area contributed by atoms with Crippen LogP contribution in [-0.4, -0.2) is 35.2 Å². The highest BCUT2D eigenvalue weighted by Gasteiger charge is 2.11. The first-order valence-electron chi connectivity index (χ1n) is 8.73. The molecule has 3 aromatic rings. The molecule has 0 saturated heterocycles. The van der Waals surface area contributed by atoms with Gasteiger partial charge in [-0.25, -0.2) is 9.82 Å². The average Bonchev–Trinajstić information content (AvgIpc) is 3.17. The number of amides is 1. The largest absolute Gasteiger partial charge is 0.493 e. The van der Waals surface area contributed by atoms with Gasteiger partial charge in [-0.15, -0.1) is 10.2 Å². The van der Waals surface area contributed by atoms with Crippen LogP contribution >= 0.6 is 34.7 Å². The van der Waals surface area contributed by atoms with Gasteiger partial charge in [0.15, 0.2) is 15.8 Å². The van der Waals surface area contributed by atoms with Gasteiger partial charge in [-0.1, -0.05) is 40.8 Å². The van der Waals surface area contributed by atoms with E-state index in [4.69, 9.17) is 26.8 Å². The van der Waals surface area contributed by atoms with Gasteiger partial charge < -0.3 is 15.2 Å². The lowest BCUT2D eigenvalue weighted by atomic mass is 10.2. The van der Waals surface area contributed by atoms with E-state index in [0.717, 1.165) is 0 Å². The molecule has 0 unspecified atom stereocenters. The molecule has 0 aliphatic rings. The summed E-state index contributed by atoms with van der Waals surface area (Å²) < 4.78 is 25.5. The Kier molecular flexibility index (Phi) is 8.04. The van der Waals surface area contributed by atoms with Crippen molar-refractivity contribution < 1.29 is 18.7 Å². The summed E-state index contributed by atoms with van der Waals surface area (Å²) in [6, 6.07) is 9.49. The zero-order valence-electron chi connectivity index (χ0n) is 16.2. The van der Waals surface area contributed by atoms with Gasteiger partial charge >= 0.3 is 0 Å². The number of anilines is 1. The molecule has 162 valence electrons. The number of rotatable bonds is 9. The summed E-state index contributed by atoms with van der Waals surface area (Å²) in [6.07, 6.45) is 1.46. The van der Waals surface area contributed by atoms with Crippen LogP contribution in [0.5, 0.6) is 11.5 Å². The lowest BCUT2D eigenvalue weighted by Gasteiger charge is -2.12.